The van der Waals surface area contributed by atoms with Gasteiger partial charge in [0, 0.05) is 94.9 Å². The molecule has 0 saturated heterocycles. The average molecular weight is 1640 g/mol. The van der Waals surface area contributed by atoms with Crippen LogP contribution in [0.4, 0.5) is 65.4 Å². The van der Waals surface area contributed by atoms with E-state index in [9.17, 15) is 62.7 Å². The molecule has 0 bridgehead atoms. The third-order valence-corrected chi connectivity index (χ3v) is 19.8. The molecule has 6 heterocycles. The van der Waals surface area contributed by atoms with Crippen molar-refractivity contribution < 1.29 is 67.4 Å². The molecular weight excluding hydrogens is 1560 g/mol. The van der Waals surface area contributed by atoms with Gasteiger partial charge >= 0.3 is 18.5 Å². The van der Waals surface area contributed by atoms with Crippen molar-refractivity contribution >= 4 is 67.7 Å². The highest BCUT2D eigenvalue weighted by molar-refractivity contribution is 9.10. The molecule has 114 heavy (non-hydrogen) atoms. The zero-order valence-corrected chi connectivity index (χ0v) is 64.1. The van der Waals surface area contributed by atoms with Crippen LogP contribution in [-0.2, 0) is 19.3 Å². The topological polar surface area (TPSA) is 223 Å². The van der Waals surface area contributed by atoms with Crippen LogP contribution in [0.2, 0.25) is 0 Å². The van der Waals surface area contributed by atoms with Crippen LogP contribution in [0.25, 0.3) is 50.7 Å². The second kappa shape index (κ2) is 34.1. The minimum atomic E-state index is -4.31. The van der Waals surface area contributed by atoms with E-state index in [-0.39, 0.29) is 79.9 Å². The van der Waals surface area contributed by atoms with Gasteiger partial charge in [-0.15, -0.1) is 0 Å². The van der Waals surface area contributed by atoms with Crippen LogP contribution in [0.15, 0.2) is 157 Å². The van der Waals surface area contributed by atoms with Crippen LogP contribution in [0, 0.1) is 39.3 Å². The van der Waals surface area contributed by atoms with Gasteiger partial charge in [-0.1, -0.05) is 64.5 Å². The maximum atomic E-state index is 14.3. The van der Waals surface area contributed by atoms with E-state index in [4.69, 9.17) is 20.0 Å². The number of carbonyl (C=O) groups is 3. The lowest BCUT2D eigenvalue weighted by atomic mass is 10.0. The van der Waals surface area contributed by atoms with E-state index in [1.165, 1.54) is 25.3 Å². The first-order valence-corrected chi connectivity index (χ1v) is 37.8. The largest absolute Gasteiger partial charge is 0.494 e. The van der Waals surface area contributed by atoms with Crippen LogP contribution < -0.4 is 36.6 Å². The number of carbonyl (C=O) groups excluding carboxylic acids is 3. The number of alkyl halides is 9. The molecular formula is C83H79BrF11N15O4. The third kappa shape index (κ3) is 20.8. The van der Waals surface area contributed by atoms with Gasteiger partial charge in [-0.05, 0) is 190 Å². The molecule has 31 heteroatoms. The number of benzene rings is 6. The number of ether oxygens (including phenoxy) is 1. The van der Waals surface area contributed by atoms with E-state index in [0.29, 0.717) is 108 Å². The Kier molecular flexibility index (Phi) is 24.1. The molecule has 12 aromatic rings. The SMILES string of the molecule is COc1ccc(Cc2cc(NCCC(F)(F)F)c3ncc(-c4ccc(C(=O)NC5CC5)c(C)c4)n3n2)cc1F.Cc1cc(-c2cnc3c(NCCC(F)(F)F)cc(Cc4cccc(Br)c4)nn23)ccc1C(=O)NC1CC1.Cc1ccc(Cc2cc(NCCC(F)(F)F)c3ncc(-c4ccc(C(=O)NC5CC5)c(C)c4)n3n2)cc1F. The summed E-state index contributed by atoms with van der Waals surface area (Å²) in [7, 11) is 1.38. The summed E-state index contributed by atoms with van der Waals surface area (Å²) >= 11 is 3.47. The summed E-state index contributed by atoms with van der Waals surface area (Å²) in [6.45, 7) is 6.31. The third-order valence-electron chi connectivity index (χ3n) is 19.3. The van der Waals surface area contributed by atoms with Crippen LogP contribution in [0.1, 0.15) is 145 Å². The molecule has 0 spiro atoms. The second-order valence-corrected chi connectivity index (χ2v) is 29.6. The number of amides is 3. The van der Waals surface area contributed by atoms with Crippen LogP contribution >= 0.6 is 15.9 Å². The van der Waals surface area contributed by atoms with E-state index in [2.05, 4.69) is 62.8 Å². The summed E-state index contributed by atoms with van der Waals surface area (Å²) in [6.07, 6.45) is -4.04. The zero-order valence-electron chi connectivity index (χ0n) is 62.5. The maximum Gasteiger partial charge on any atom is 0.390 e. The molecule has 6 N–H and O–H groups in total. The predicted molar refractivity (Wildman–Crippen MR) is 415 cm³/mol. The standard InChI is InChI=1S/C28H27F4N5O2.C28H27F4N5O.C27H25BrF3N5O/c1-16-11-18(4-7-21(16)27(38)35-19-5-6-19)24-15-34-26-23(33-10-9-28(30,31)32)14-20(36-37(24)26)12-17-3-8-25(39-2)22(29)13-17;1-16-3-4-18(13-23(16)29)12-21-14-24(33-10-9-28(30,31)32)26-34-15-25(37(26)36-21)19-5-8-22(17(2)11-19)27(38)35-20-6-7-20;1-16-11-18(5-8-22(16)26(37)34-20-6-7-20)24-15-33-25-23(32-10-9-27(29,30)31)14-21(35-36(24)25)13-17-3-2-4-19(28)12-17/h3-4,7-8,11,13-15,19,33H,5-6,9-10,12H2,1-2H3,(H,35,38);3-5,8,11,13-15,20,33H,6-7,9-10,12H2,1-2H3,(H,35,38);2-5,8,11-12,14-15,20,32H,6-7,9-10,13H2,1H3,(H,34,37). The number of aromatic nitrogens is 9. The minimum Gasteiger partial charge on any atom is -0.494 e. The van der Waals surface area contributed by atoms with Crippen LogP contribution in [0.5, 0.6) is 5.75 Å². The fourth-order valence-electron chi connectivity index (χ4n) is 12.9. The van der Waals surface area contributed by atoms with Gasteiger partial charge in [0.2, 0.25) is 0 Å². The highest BCUT2D eigenvalue weighted by Crippen LogP contribution is 2.35. The molecule has 6 aromatic carbocycles. The zero-order chi connectivity index (χ0) is 80.9. The Hall–Kier alpha value is -11.5. The molecule has 3 fully saturated rings. The lowest BCUT2D eigenvalue weighted by molar-refractivity contribution is -0.132. The highest BCUT2D eigenvalue weighted by atomic mass is 79.9. The summed E-state index contributed by atoms with van der Waals surface area (Å²) < 4.78 is 154. The number of aryl methyl sites for hydroxylation is 4. The normalized spacial score (nSPS) is 13.6. The number of hydrogen-bond donors (Lipinski definition) is 6. The van der Waals surface area contributed by atoms with E-state index in [1.54, 1.807) is 106 Å². The molecule has 19 nitrogen and oxygen atoms in total. The van der Waals surface area contributed by atoms with Gasteiger partial charge in [0.15, 0.2) is 28.5 Å². The Morgan fingerprint density at radius 3 is 1.08 bits per heavy atom. The lowest BCUT2D eigenvalue weighted by Crippen LogP contribution is -2.26. The summed E-state index contributed by atoms with van der Waals surface area (Å²) in [4.78, 5) is 51.0. The molecule has 3 aliphatic rings. The van der Waals surface area contributed by atoms with E-state index < -0.39 is 43.6 Å². The van der Waals surface area contributed by atoms with Crippen molar-refractivity contribution in [2.75, 3.05) is 42.7 Å². The molecule has 6 aromatic heterocycles. The molecule has 0 radical (unpaired) electrons. The number of fused-ring (bicyclic) bond motifs is 3. The van der Waals surface area contributed by atoms with Crippen LogP contribution in [-0.4, -0.2) is 125 Å². The summed E-state index contributed by atoms with van der Waals surface area (Å²) in [5.41, 5.74) is 15.3. The molecule has 3 aliphatic carbocycles. The number of nitrogens with zero attached hydrogens (tertiary/aromatic N) is 9. The number of anilines is 3. The number of halogens is 12. The van der Waals surface area contributed by atoms with Crippen molar-refractivity contribution in [1.82, 2.24) is 59.7 Å². The first kappa shape index (κ1) is 80.5. The maximum absolute atomic E-state index is 14.3. The van der Waals surface area contributed by atoms with Crippen molar-refractivity contribution in [1.29, 1.82) is 0 Å². The fourth-order valence-corrected chi connectivity index (χ4v) is 13.3. The summed E-state index contributed by atoms with van der Waals surface area (Å²) in [6, 6.07) is 39.4. The van der Waals surface area contributed by atoms with Crippen molar-refractivity contribution in [3.8, 4) is 39.5 Å². The second-order valence-electron chi connectivity index (χ2n) is 28.7. The predicted octanol–water partition coefficient (Wildman–Crippen LogP) is 18.0. The lowest BCUT2D eigenvalue weighted by Gasteiger charge is -2.13. The molecule has 3 saturated carbocycles. The van der Waals surface area contributed by atoms with E-state index in [1.807, 2.05) is 69.3 Å². The smallest absolute Gasteiger partial charge is 0.390 e. The first-order valence-electron chi connectivity index (χ1n) is 37.0. The molecule has 15 rings (SSSR count). The summed E-state index contributed by atoms with van der Waals surface area (Å²) in [5, 5.41) is 31.7. The number of methoxy groups -OCH3 is 1. The van der Waals surface area contributed by atoms with Gasteiger partial charge < -0.3 is 36.6 Å². The summed E-state index contributed by atoms with van der Waals surface area (Å²) in [5.74, 6) is -1.08. The Morgan fingerprint density at radius 1 is 0.430 bits per heavy atom. The van der Waals surface area contributed by atoms with Gasteiger partial charge in [0.05, 0.1) is 96.2 Å². The van der Waals surface area contributed by atoms with Gasteiger partial charge in [-0.25, -0.2) is 37.3 Å². The van der Waals surface area contributed by atoms with Crippen molar-refractivity contribution in [2.45, 2.75) is 141 Å². The number of imidazole rings is 3. The van der Waals surface area contributed by atoms with Crippen molar-refractivity contribution in [3.63, 3.8) is 0 Å². The Balaban J connectivity index is 0.000000149. The van der Waals surface area contributed by atoms with Gasteiger partial charge in [0.25, 0.3) is 17.7 Å². The number of nitrogens with one attached hydrogen (secondary N) is 6. The van der Waals surface area contributed by atoms with Crippen molar-refractivity contribution in [2.24, 2.45) is 0 Å². The number of rotatable bonds is 25. The molecule has 594 valence electrons. The van der Waals surface area contributed by atoms with Crippen molar-refractivity contribution in [3.05, 3.63) is 241 Å². The fraction of sp³-hybridized carbons (Fsp3) is 0.313. The Bertz CT molecular complexity index is 5570. The van der Waals surface area contributed by atoms with E-state index >= 15 is 0 Å². The first-order chi connectivity index (χ1) is 54.3. The average Bonchev–Trinajstić information content (AvgIpc) is 1.58. The van der Waals surface area contributed by atoms with Gasteiger partial charge in [-0.2, -0.15) is 54.8 Å². The van der Waals surface area contributed by atoms with Gasteiger partial charge in [-0.3, -0.25) is 14.4 Å². The molecule has 3 amide bonds. The number of hydrogen-bond acceptors (Lipinski definition) is 13. The van der Waals surface area contributed by atoms with E-state index in [0.717, 1.165) is 81.9 Å². The highest BCUT2D eigenvalue weighted by Gasteiger charge is 2.32. The molecule has 0 unspecified atom stereocenters. The molecule has 0 atom stereocenters. The Morgan fingerprint density at radius 2 is 0.772 bits per heavy atom. The van der Waals surface area contributed by atoms with Gasteiger partial charge in [0.1, 0.15) is 5.82 Å². The quantitative estimate of drug-likeness (QED) is 0.0293. The Labute approximate surface area is 656 Å². The monoisotopic (exact) mass is 1640 g/mol. The molecule has 0 aliphatic heterocycles. The van der Waals surface area contributed by atoms with Crippen LogP contribution in [0.3, 0.4) is 0 Å². The minimum absolute atomic E-state index is 0.0877.